The van der Waals surface area contributed by atoms with E-state index in [-0.39, 0.29) is 18.3 Å². The van der Waals surface area contributed by atoms with Gasteiger partial charge in [-0.2, -0.15) is 0 Å². The number of hydrogen-bond acceptors (Lipinski definition) is 3. The van der Waals surface area contributed by atoms with Crippen LogP contribution in [-0.4, -0.2) is 18.6 Å². The molecule has 0 spiro atoms. The van der Waals surface area contributed by atoms with Gasteiger partial charge in [-0.25, -0.2) is 4.39 Å². The summed E-state index contributed by atoms with van der Waals surface area (Å²) >= 11 is 0. The molecule has 18 heavy (non-hydrogen) atoms. The van der Waals surface area contributed by atoms with E-state index >= 15 is 0 Å². The maximum atomic E-state index is 13.3. The standard InChI is InChI=1S/C13H19FN2O2/c1-4-13(2,18-3)12(17)16-10-5-6-11(14)9(7-10)8-15/h5-7H,4,8,15H2,1-3H3,(H,16,17). The highest BCUT2D eigenvalue weighted by atomic mass is 19.1. The van der Waals surface area contributed by atoms with Crippen LogP contribution in [-0.2, 0) is 16.1 Å². The Kier molecular flexibility index (Phi) is 4.81. The number of ether oxygens (including phenoxy) is 1. The van der Waals surface area contributed by atoms with E-state index < -0.39 is 5.60 Å². The van der Waals surface area contributed by atoms with Crippen LogP contribution in [0.3, 0.4) is 0 Å². The van der Waals surface area contributed by atoms with Crippen molar-refractivity contribution >= 4 is 11.6 Å². The summed E-state index contributed by atoms with van der Waals surface area (Å²) in [7, 11) is 1.49. The van der Waals surface area contributed by atoms with Crippen molar-refractivity contribution in [3.05, 3.63) is 29.6 Å². The molecule has 0 heterocycles. The summed E-state index contributed by atoms with van der Waals surface area (Å²) < 4.78 is 18.4. The average molecular weight is 254 g/mol. The molecule has 100 valence electrons. The molecule has 1 aromatic carbocycles. The lowest BCUT2D eigenvalue weighted by Gasteiger charge is -2.25. The summed E-state index contributed by atoms with van der Waals surface area (Å²) in [5.74, 6) is -0.637. The summed E-state index contributed by atoms with van der Waals surface area (Å²) in [6.07, 6.45) is 0.542. The number of anilines is 1. The van der Waals surface area contributed by atoms with E-state index in [0.29, 0.717) is 17.7 Å². The van der Waals surface area contributed by atoms with Crippen LogP contribution in [0.1, 0.15) is 25.8 Å². The third-order valence-electron chi connectivity index (χ3n) is 3.13. The number of amides is 1. The number of hydrogen-bond donors (Lipinski definition) is 2. The Morgan fingerprint density at radius 3 is 2.72 bits per heavy atom. The van der Waals surface area contributed by atoms with Crippen molar-refractivity contribution in [1.82, 2.24) is 0 Å². The van der Waals surface area contributed by atoms with Gasteiger partial charge in [0.2, 0.25) is 0 Å². The van der Waals surface area contributed by atoms with Gasteiger partial charge < -0.3 is 15.8 Å². The fourth-order valence-electron chi connectivity index (χ4n) is 1.47. The van der Waals surface area contributed by atoms with Crippen LogP contribution in [0, 0.1) is 5.82 Å². The zero-order valence-corrected chi connectivity index (χ0v) is 10.9. The van der Waals surface area contributed by atoms with Crippen LogP contribution in [0.15, 0.2) is 18.2 Å². The van der Waals surface area contributed by atoms with Gasteiger partial charge in [0.15, 0.2) is 0 Å². The molecule has 0 bridgehead atoms. The quantitative estimate of drug-likeness (QED) is 0.845. The lowest BCUT2D eigenvalue weighted by molar-refractivity contribution is -0.136. The number of rotatable bonds is 5. The minimum absolute atomic E-state index is 0.0882. The van der Waals surface area contributed by atoms with Gasteiger partial charge in [-0.05, 0) is 31.5 Å². The Labute approximate surface area is 106 Å². The summed E-state index contributed by atoms with van der Waals surface area (Å²) in [6.45, 7) is 3.65. The summed E-state index contributed by atoms with van der Waals surface area (Å²) in [6, 6.07) is 4.31. The highest BCUT2D eigenvalue weighted by molar-refractivity contribution is 5.97. The fraction of sp³-hybridized carbons (Fsp3) is 0.462. The molecule has 0 aliphatic carbocycles. The highest BCUT2D eigenvalue weighted by Crippen LogP contribution is 2.19. The Bertz CT molecular complexity index is 431. The second-order valence-corrected chi connectivity index (χ2v) is 4.25. The number of nitrogens with one attached hydrogen (secondary N) is 1. The molecule has 0 aliphatic rings. The molecule has 1 aromatic rings. The molecule has 4 nitrogen and oxygen atoms in total. The van der Waals surface area contributed by atoms with Crippen LogP contribution in [0.2, 0.25) is 0 Å². The van der Waals surface area contributed by atoms with E-state index in [1.54, 1.807) is 6.92 Å². The molecular formula is C13H19FN2O2. The molecule has 3 N–H and O–H groups in total. The molecule has 1 unspecified atom stereocenters. The van der Waals surface area contributed by atoms with Crippen LogP contribution in [0.25, 0.3) is 0 Å². The molecule has 1 amide bonds. The van der Waals surface area contributed by atoms with Crippen molar-refractivity contribution in [2.24, 2.45) is 5.73 Å². The zero-order chi connectivity index (χ0) is 13.8. The second-order valence-electron chi connectivity index (χ2n) is 4.25. The van der Waals surface area contributed by atoms with Gasteiger partial charge in [-0.15, -0.1) is 0 Å². The van der Waals surface area contributed by atoms with Crippen LogP contribution in [0.4, 0.5) is 10.1 Å². The summed E-state index contributed by atoms with van der Waals surface area (Å²) in [5.41, 5.74) is 5.40. The van der Waals surface area contributed by atoms with Crippen LogP contribution in [0.5, 0.6) is 0 Å². The number of nitrogens with two attached hydrogens (primary N) is 1. The van der Waals surface area contributed by atoms with E-state index in [1.165, 1.54) is 25.3 Å². The molecule has 0 aromatic heterocycles. The molecule has 1 rings (SSSR count). The number of methoxy groups -OCH3 is 1. The molecule has 0 saturated carbocycles. The van der Waals surface area contributed by atoms with E-state index in [0.717, 1.165) is 0 Å². The molecule has 0 radical (unpaired) electrons. The average Bonchev–Trinajstić information content (AvgIpc) is 2.39. The van der Waals surface area contributed by atoms with Gasteiger partial charge in [0.05, 0.1) is 0 Å². The third-order valence-corrected chi connectivity index (χ3v) is 3.13. The van der Waals surface area contributed by atoms with E-state index in [4.69, 9.17) is 10.5 Å². The summed E-state index contributed by atoms with van der Waals surface area (Å²) in [4.78, 5) is 12.0. The van der Waals surface area contributed by atoms with Crippen molar-refractivity contribution in [3.63, 3.8) is 0 Å². The predicted octanol–water partition coefficient (Wildman–Crippen LogP) is 2.04. The first kappa shape index (κ1) is 14.6. The van der Waals surface area contributed by atoms with Crippen molar-refractivity contribution in [1.29, 1.82) is 0 Å². The lowest BCUT2D eigenvalue weighted by atomic mass is 10.0. The molecular weight excluding hydrogens is 235 g/mol. The molecule has 0 saturated heterocycles. The monoisotopic (exact) mass is 254 g/mol. The first-order chi connectivity index (χ1) is 8.46. The molecule has 0 fully saturated rings. The maximum Gasteiger partial charge on any atom is 0.256 e. The molecule has 0 aliphatic heterocycles. The van der Waals surface area contributed by atoms with Crippen LogP contribution < -0.4 is 11.1 Å². The van der Waals surface area contributed by atoms with Crippen molar-refractivity contribution in [2.45, 2.75) is 32.4 Å². The second kappa shape index (κ2) is 5.93. The van der Waals surface area contributed by atoms with Gasteiger partial charge in [0.1, 0.15) is 11.4 Å². The number of benzene rings is 1. The van der Waals surface area contributed by atoms with Crippen molar-refractivity contribution in [3.8, 4) is 0 Å². The highest BCUT2D eigenvalue weighted by Gasteiger charge is 2.30. The van der Waals surface area contributed by atoms with Gasteiger partial charge in [-0.3, -0.25) is 4.79 Å². The van der Waals surface area contributed by atoms with E-state index in [9.17, 15) is 9.18 Å². The Hall–Kier alpha value is -1.46. The zero-order valence-electron chi connectivity index (χ0n) is 10.9. The normalized spacial score (nSPS) is 14.1. The number of halogens is 1. The topological polar surface area (TPSA) is 64.3 Å². The first-order valence-corrected chi connectivity index (χ1v) is 5.82. The number of carbonyl (C=O) groups is 1. The third kappa shape index (κ3) is 3.05. The van der Waals surface area contributed by atoms with Gasteiger partial charge >= 0.3 is 0 Å². The van der Waals surface area contributed by atoms with E-state index in [1.807, 2.05) is 6.92 Å². The maximum absolute atomic E-state index is 13.3. The van der Waals surface area contributed by atoms with Gasteiger partial charge in [-0.1, -0.05) is 6.92 Å². The molecule has 5 heteroatoms. The SMILES string of the molecule is CCC(C)(OC)C(=O)Nc1ccc(F)c(CN)c1. The molecule has 1 atom stereocenters. The predicted molar refractivity (Wildman–Crippen MR) is 68.6 cm³/mol. The van der Waals surface area contributed by atoms with E-state index in [2.05, 4.69) is 5.32 Å². The number of carbonyl (C=O) groups excluding carboxylic acids is 1. The van der Waals surface area contributed by atoms with Gasteiger partial charge in [0, 0.05) is 24.9 Å². The van der Waals surface area contributed by atoms with Crippen molar-refractivity contribution < 1.29 is 13.9 Å². The fourth-order valence-corrected chi connectivity index (χ4v) is 1.47. The first-order valence-electron chi connectivity index (χ1n) is 5.82. The van der Waals surface area contributed by atoms with Gasteiger partial charge in [0.25, 0.3) is 5.91 Å². The smallest absolute Gasteiger partial charge is 0.256 e. The van der Waals surface area contributed by atoms with Crippen molar-refractivity contribution in [2.75, 3.05) is 12.4 Å². The minimum Gasteiger partial charge on any atom is -0.369 e. The largest absolute Gasteiger partial charge is 0.369 e. The minimum atomic E-state index is -0.892. The lowest BCUT2D eigenvalue weighted by Crippen LogP contribution is -2.41. The van der Waals surface area contributed by atoms with Crippen LogP contribution >= 0.6 is 0 Å². The Balaban J connectivity index is 2.88. The Morgan fingerprint density at radius 2 is 2.22 bits per heavy atom. The Morgan fingerprint density at radius 1 is 1.56 bits per heavy atom. The summed E-state index contributed by atoms with van der Waals surface area (Å²) in [5, 5.41) is 2.70.